The van der Waals surface area contributed by atoms with Gasteiger partial charge >= 0.3 is 0 Å². The number of carbonyl (C=O) groups excluding carboxylic acids is 1. The average Bonchev–Trinajstić information content (AvgIpc) is 2.81. The summed E-state index contributed by atoms with van der Waals surface area (Å²) in [4.78, 5) is 22.2. The van der Waals surface area contributed by atoms with Gasteiger partial charge in [-0.2, -0.15) is 0 Å². The number of piperazine rings is 1. The number of nitrogens with one attached hydrogen (secondary N) is 1. The van der Waals surface area contributed by atoms with Gasteiger partial charge in [-0.3, -0.25) is 10.1 Å². The molecule has 1 fully saturated rings. The summed E-state index contributed by atoms with van der Waals surface area (Å²) in [7, 11) is 0. The maximum absolute atomic E-state index is 12.8. The van der Waals surface area contributed by atoms with Crippen molar-refractivity contribution in [2.75, 3.05) is 31.1 Å². The highest BCUT2D eigenvalue weighted by molar-refractivity contribution is 6.06. The average molecular weight is 413 g/mol. The van der Waals surface area contributed by atoms with E-state index in [0.717, 1.165) is 31.9 Å². The van der Waals surface area contributed by atoms with E-state index in [2.05, 4.69) is 47.2 Å². The number of aryl methyl sites for hydroxylation is 2. The van der Waals surface area contributed by atoms with Crippen LogP contribution in [0.25, 0.3) is 0 Å². The van der Waals surface area contributed by atoms with Gasteiger partial charge in [0.15, 0.2) is 0 Å². The molecule has 5 nitrogen and oxygen atoms in total. The van der Waals surface area contributed by atoms with Crippen LogP contribution in [0.3, 0.4) is 0 Å². The first-order valence-electron chi connectivity index (χ1n) is 10.7. The van der Waals surface area contributed by atoms with Crippen molar-refractivity contribution in [3.8, 4) is 0 Å². The fourth-order valence-corrected chi connectivity index (χ4v) is 3.79. The van der Waals surface area contributed by atoms with Gasteiger partial charge in [-0.1, -0.05) is 48.5 Å². The highest BCUT2D eigenvalue weighted by atomic mass is 16.1. The van der Waals surface area contributed by atoms with Gasteiger partial charge in [0, 0.05) is 37.4 Å². The second kappa shape index (κ2) is 9.47. The van der Waals surface area contributed by atoms with E-state index < -0.39 is 0 Å². The van der Waals surface area contributed by atoms with Crippen LogP contribution < -0.4 is 10.2 Å². The third-order valence-electron chi connectivity index (χ3n) is 5.54. The molecule has 0 radical (unpaired) electrons. The molecule has 1 aliphatic rings. The number of hydrogen-bond donors (Lipinski definition) is 1. The van der Waals surface area contributed by atoms with Crippen molar-refractivity contribution in [1.29, 1.82) is 0 Å². The Morgan fingerprint density at radius 1 is 0.839 bits per heavy atom. The molecule has 1 amide bonds. The highest BCUT2D eigenvalue weighted by Gasteiger charge is 2.23. The second-order valence-electron chi connectivity index (χ2n) is 7.86. The van der Waals surface area contributed by atoms with Gasteiger partial charge in [-0.15, -0.1) is 0 Å². The lowest BCUT2D eigenvalue weighted by Gasteiger charge is -2.38. The first-order valence-corrected chi connectivity index (χ1v) is 10.7. The largest absolute Gasteiger partial charge is 0.368 e. The molecule has 31 heavy (non-hydrogen) atoms. The van der Waals surface area contributed by atoms with Crippen LogP contribution in [0.5, 0.6) is 0 Å². The summed E-state index contributed by atoms with van der Waals surface area (Å²) < 4.78 is 0. The Labute approximate surface area is 184 Å². The molecule has 4 rings (SSSR count). The molecule has 1 heterocycles. The minimum atomic E-state index is -0.146. The van der Waals surface area contributed by atoms with Crippen molar-refractivity contribution in [3.63, 3.8) is 0 Å². The molecule has 0 saturated carbocycles. The Balaban J connectivity index is 1.53. The fourth-order valence-electron chi connectivity index (χ4n) is 3.79. The summed E-state index contributed by atoms with van der Waals surface area (Å²) in [6, 6.07) is 25.6. The second-order valence-corrected chi connectivity index (χ2v) is 7.86. The third-order valence-corrected chi connectivity index (χ3v) is 5.54. The van der Waals surface area contributed by atoms with Crippen molar-refractivity contribution < 1.29 is 4.79 Å². The van der Waals surface area contributed by atoms with E-state index in [1.54, 1.807) is 0 Å². The first kappa shape index (κ1) is 20.7. The van der Waals surface area contributed by atoms with E-state index in [4.69, 9.17) is 4.99 Å². The minimum absolute atomic E-state index is 0.146. The van der Waals surface area contributed by atoms with E-state index in [0.29, 0.717) is 11.5 Å². The molecule has 158 valence electrons. The zero-order valence-electron chi connectivity index (χ0n) is 18.1. The predicted octanol–water partition coefficient (Wildman–Crippen LogP) is 4.54. The van der Waals surface area contributed by atoms with Crippen LogP contribution in [0.15, 0.2) is 83.9 Å². The van der Waals surface area contributed by atoms with Crippen molar-refractivity contribution in [2.45, 2.75) is 13.8 Å². The van der Waals surface area contributed by atoms with Crippen molar-refractivity contribution in [2.24, 2.45) is 4.99 Å². The maximum Gasteiger partial charge on any atom is 0.257 e. The Hall–Kier alpha value is -3.60. The van der Waals surface area contributed by atoms with Gasteiger partial charge < -0.3 is 9.80 Å². The third kappa shape index (κ3) is 5.12. The van der Waals surface area contributed by atoms with E-state index in [1.807, 2.05) is 60.7 Å². The standard InChI is InChI=1S/C26H28N4O/c1-20-13-14-21(2)24(19-20)29-15-17-30(18-16-29)26(27-23-11-7-4-8-12-23)28-25(31)22-9-5-3-6-10-22/h3-14,19H,15-18H2,1-2H3,(H,27,28,31). The SMILES string of the molecule is Cc1ccc(C)c(N2CCN(C(=Nc3ccccc3)NC(=O)c3ccccc3)CC2)c1. The molecule has 3 aromatic carbocycles. The number of guanidine groups is 1. The van der Waals surface area contributed by atoms with E-state index in [9.17, 15) is 4.79 Å². The van der Waals surface area contributed by atoms with Crippen LogP contribution in [0, 0.1) is 13.8 Å². The van der Waals surface area contributed by atoms with E-state index in [1.165, 1.54) is 16.8 Å². The summed E-state index contributed by atoms with van der Waals surface area (Å²) in [5.74, 6) is 0.452. The van der Waals surface area contributed by atoms with Crippen LogP contribution in [0.2, 0.25) is 0 Å². The minimum Gasteiger partial charge on any atom is -0.368 e. The number of anilines is 1. The monoisotopic (exact) mass is 412 g/mol. The zero-order chi connectivity index (χ0) is 21.6. The number of para-hydroxylation sites is 1. The topological polar surface area (TPSA) is 47.9 Å². The first-order chi connectivity index (χ1) is 15.1. The quantitative estimate of drug-likeness (QED) is 0.507. The number of hydrogen-bond acceptors (Lipinski definition) is 3. The number of amides is 1. The summed E-state index contributed by atoms with van der Waals surface area (Å²) in [6.07, 6.45) is 0. The Morgan fingerprint density at radius 2 is 1.48 bits per heavy atom. The number of rotatable bonds is 3. The summed E-state index contributed by atoms with van der Waals surface area (Å²) in [5.41, 5.74) is 5.29. The molecule has 0 bridgehead atoms. The predicted molar refractivity (Wildman–Crippen MR) is 127 cm³/mol. The molecular formula is C26H28N4O. The fraction of sp³-hybridized carbons (Fsp3) is 0.231. The molecule has 0 aliphatic carbocycles. The molecule has 3 aromatic rings. The van der Waals surface area contributed by atoms with Crippen molar-refractivity contribution in [1.82, 2.24) is 10.2 Å². The van der Waals surface area contributed by atoms with Crippen LogP contribution in [-0.2, 0) is 0 Å². The summed E-state index contributed by atoms with van der Waals surface area (Å²) in [5, 5.41) is 3.05. The van der Waals surface area contributed by atoms with Gasteiger partial charge in [0.05, 0.1) is 5.69 Å². The molecular weight excluding hydrogens is 384 g/mol. The van der Waals surface area contributed by atoms with E-state index >= 15 is 0 Å². The van der Waals surface area contributed by atoms with Gasteiger partial charge in [0.1, 0.15) is 0 Å². The zero-order valence-corrected chi connectivity index (χ0v) is 18.1. The van der Waals surface area contributed by atoms with Gasteiger partial charge in [-0.25, -0.2) is 4.99 Å². The Morgan fingerprint density at radius 3 is 2.16 bits per heavy atom. The highest BCUT2D eigenvalue weighted by Crippen LogP contribution is 2.23. The van der Waals surface area contributed by atoms with Gasteiger partial charge in [0.2, 0.25) is 5.96 Å². The van der Waals surface area contributed by atoms with Crippen LogP contribution in [0.4, 0.5) is 11.4 Å². The molecule has 1 saturated heterocycles. The molecule has 1 N–H and O–H groups in total. The van der Waals surface area contributed by atoms with Gasteiger partial charge in [-0.05, 0) is 55.3 Å². The molecule has 0 aromatic heterocycles. The van der Waals surface area contributed by atoms with Crippen molar-refractivity contribution in [3.05, 3.63) is 95.6 Å². The maximum atomic E-state index is 12.8. The Bertz CT molecular complexity index is 1060. The van der Waals surface area contributed by atoms with Crippen LogP contribution >= 0.6 is 0 Å². The molecule has 0 atom stereocenters. The van der Waals surface area contributed by atoms with Gasteiger partial charge in [0.25, 0.3) is 5.91 Å². The Kier molecular flexibility index (Phi) is 6.32. The van der Waals surface area contributed by atoms with E-state index in [-0.39, 0.29) is 5.91 Å². The molecule has 5 heteroatoms. The molecule has 0 spiro atoms. The van der Waals surface area contributed by atoms with Crippen molar-refractivity contribution >= 4 is 23.2 Å². The smallest absolute Gasteiger partial charge is 0.257 e. The molecule has 0 unspecified atom stereocenters. The summed E-state index contributed by atoms with van der Waals surface area (Å²) in [6.45, 7) is 7.60. The lowest BCUT2D eigenvalue weighted by Crippen LogP contribution is -2.53. The van der Waals surface area contributed by atoms with Crippen LogP contribution in [0.1, 0.15) is 21.5 Å². The molecule has 1 aliphatic heterocycles. The lowest BCUT2D eigenvalue weighted by atomic mass is 10.1. The lowest BCUT2D eigenvalue weighted by molar-refractivity contribution is 0.0972. The number of carbonyl (C=O) groups is 1. The number of nitrogens with zero attached hydrogens (tertiary/aromatic N) is 3. The normalized spacial score (nSPS) is 14.5. The van der Waals surface area contributed by atoms with Crippen LogP contribution in [-0.4, -0.2) is 42.9 Å². The summed E-state index contributed by atoms with van der Waals surface area (Å²) >= 11 is 0. The number of benzene rings is 3. The number of aliphatic imine (C=N–C) groups is 1.